The van der Waals surface area contributed by atoms with Crippen molar-refractivity contribution in [1.82, 2.24) is 9.88 Å². The van der Waals surface area contributed by atoms with E-state index < -0.39 is 0 Å². The van der Waals surface area contributed by atoms with Crippen LogP contribution in [0, 0.1) is 5.92 Å². The minimum Gasteiger partial charge on any atom is -0.484 e. The predicted molar refractivity (Wildman–Crippen MR) is 131 cm³/mol. The van der Waals surface area contributed by atoms with Crippen LogP contribution in [-0.2, 0) is 9.59 Å². The smallest absolute Gasteiger partial charge is 0.260 e. The number of amides is 2. The summed E-state index contributed by atoms with van der Waals surface area (Å²) in [7, 11) is 0. The average molecular weight is 489 g/mol. The molecule has 2 aromatic heterocycles. The van der Waals surface area contributed by atoms with Gasteiger partial charge < -0.3 is 21.1 Å². The zero-order valence-corrected chi connectivity index (χ0v) is 20.0. The van der Waals surface area contributed by atoms with E-state index in [1.54, 1.807) is 39.3 Å². The highest BCUT2D eigenvalue weighted by Gasteiger charge is 2.27. The standard InChI is InChI=1S/C22H24N4O3S3/c1-30-22-16(9-18(23)32-22)21-25-17(12-31-21)13-4-2-6-15(8-13)29-11-19(27)26-7-3-5-14(10-26)20(24)28/h2,4,6,8-9,12,14H,3,5,7,10-11,23H2,1H3,(H2,24,28). The van der Waals surface area contributed by atoms with Crippen LogP contribution < -0.4 is 16.2 Å². The summed E-state index contributed by atoms with van der Waals surface area (Å²) in [6.45, 7) is 0.908. The molecule has 4 N–H and O–H groups in total. The lowest BCUT2D eigenvalue weighted by molar-refractivity contribution is -0.136. The van der Waals surface area contributed by atoms with E-state index in [2.05, 4.69) is 0 Å². The van der Waals surface area contributed by atoms with Crippen LogP contribution in [0.2, 0.25) is 0 Å². The van der Waals surface area contributed by atoms with Crippen molar-refractivity contribution in [2.75, 3.05) is 31.7 Å². The fraction of sp³-hybridized carbons (Fsp3) is 0.318. The maximum absolute atomic E-state index is 12.5. The molecule has 32 heavy (non-hydrogen) atoms. The Bertz CT molecular complexity index is 1130. The van der Waals surface area contributed by atoms with Gasteiger partial charge in [-0.15, -0.1) is 34.4 Å². The lowest BCUT2D eigenvalue weighted by Gasteiger charge is -2.31. The van der Waals surface area contributed by atoms with Crippen molar-refractivity contribution >= 4 is 51.3 Å². The Morgan fingerprint density at radius 3 is 2.97 bits per heavy atom. The molecule has 1 unspecified atom stereocenters. The first-order valence-electron chi connectivity index (χ1n) is 10.1. The largest absolute Gasteiger partial charge is 0.484 e. The number of nitrogens with two attached hydrogens (primary N) is 2. The van der Waals surface area contributed by atoms with E-state index in [0.29, 0.717) is 18.8 Å². The molecule has 3 heterocycles. The van der Waals surface area contributed by atoms with Crippen LogP contribution in [0.5, 0.6) is 5.75 Å². The van der Waals surface area contributed by atoms with Crippen molar-refractivity contribution in [3.8, 4) is 27.6 Å². The average Bonchev–Trinajstić information content (AvgIpc) is 3.44. The fourth-order valence-electron chi connectivity index (χ4n) is 3.64. The minimum atomic E-state index is -0.353. The van der Waals surface area contributed by atoms with E-state index in [-0.39, 0.29) is 24.3 Å². The first-order valence-corrected chi connectivity index (χ1v) is 13.1. The van der Waals surface area contributed by atoms with Gasteiger partial charge in [-0.25, -0.2) is 4.98 Å². The summed E-state index contributed by atoms with van der Waals surface area (Å²) < 4.78 is 6.91. The molecule has 10 heteroatoms. The number of carbonyl (C=O) groups excluding carboxylic acids is 2. The summed E-state index contributed by atoms with van der Waals surface area (Å²) in [5.74, 6) is -0.177. The number of aromatic nitrogens is 1. The number of thiophene rings is 1. The molecular weight excluding hydrogens is 464 g/mol. The molecule has 168 valence electrons. The second-order valence-corrected chi connectivity index (χ2v) is 10.5. The number of likely N-dealkylation sites (tertiary alicyclic amines) is 1. The number of hydrogen-bond donors (Lipinski definition) is 2. The summed E-state index contributed by atoms with van der Waals surface area (Å²) in [5, 5.41) is 3.71. The quantitative estimate of drug-likeness (QED) is 0.487. The number of carbonyl (C=O) groups is 2. The van der Waals surface area contributed by atoms with Crippen LogP contribution in [0.3, 0.4) is 0 Å². The monoisotopic (exact) mass is 488 g/mol. The van der Waals surface area contributed by atoms with E-state index >= 15 is 0 Å². The molecular formula is C22H24N4O3S3. The van der Waals surface area contributed by atoms with E-state index in [4.69, 9.17) is 21.2 Å². The van der Waals surface area contributed by atoms with Gasteiger partial charge in [0, 0.05) is 29.6 Å². The van der Waals surface area contributed by atoms with Gasteiger partial charge in [-0.1, -0.05) is 12.1 Å². The third-order valence-electron chi connectivity index (χ3n) is 5.31. The van der Waals surface area contributed by atoms with Gasteiger partial charge in [0.15, 0.2) is 6.61 Å². The Kier molecular flexibility index (Phi) is 7.02. The summed E-state index contributed by atoms with van der Waals surface area (Å²) in [6.07, 6.45) is 3.53. The second-order valence-electron chi connectivity index (χ2n) is 7.49. The maximum atomic E-state index is 12.5. The first kappa shape index (κ1) is 22.6. The summed E-state index contributed by atoms with van der Waals surface area (Å²) in [6, 6.07) is 9.51. The molecule has 2 amide bonds. The molecule has 1 aromatic carbocycles. The molecule has 1 fully saturated rings. The van der Waals surface area contributed by atoms with Gasteiger partial charge in [-0.2, -0.15) is 0 Å². The number of ether oxygens (including phenoxy) is 1. The Labute approximate surface area is 198 Å². The van der Waals surface area contributed by atoms with Crippen LogP contribution in [0.25, 0.3) is 21.8 Å². The number of piperidine rings is 1. The number of thioether (sulfide) groups is 1. The normalized spacial score (nSPS) is 16.2. The Hall–Kier alpha value is -2.56. The molecule has 4 rings (SSSR count). The Balaban J connectivity index is 1.42. The number of thiazole rings is 1. The van der Waals surface area contributed by atoms with Crippen LogP contribution in [0.15, 0.2) is 39.9 Å². The summed E-state index contributed by atoms with van der Waals surface area (Å²) >= 11 is 4.80. The predicted octanol–water partition coefficient (Wildman–Crippen LogP) is 3.95. The topological polar surface area (TPSA) is 112 Å². The van der Waals surface area contributed by atoms with Crippen molar-refractivity contribution < 1.29 is 14.3 Å². The third-order valence-corrected chi connectivity index (χ3v) is 8.28. The van der Waals surface area contributed by atoms with Crippen LogP contribution >= 0.6 is 34.4 Å². The Morgan fingerprint density at radius 2 is 2.19 bits per heavy atom. The number of anilines is 1. The molecule has 0 radical (unpaired) electrons. The highest BCUT2D eigenvalue weighted by Crippen LogP contribution is 2.41. The number of benzene rings is 1. The van der Waals surface area contributed by atoms with Gasteiger partial charge in [0.2, 0.25) is 5.91 Å². The van der Waals surface area contributed by atoms with E-state index in [0.717, 1.165) is 43.9 Å². The molecule has 0 spiro atoms. The third kappa shape index (κ3) is 5.08. The van der Waals surface area contributed by atoms with E-state index in [1.165, 1.54) is 0 Å². The minimum absolute atomic E-state index is 0.0808. The van der Waals surface area contributed by atoms with Crippen molar-refractivity contribution in [1.29, 1.82) is 0 Å². The molecule has 0 saturated carbocycles. The fourth-order valence-corrected chi connectivity index (χ4v) is 6.28. The molecule has 0 bridgehead atoms. The summed E-state index contributed by atoms with van der Waals surface area (Å²) in [4.78, 5) is 30.4. The van der Waals surface area contributed by atoms with Crippen LogP contribution in [-0.4, -0.2) is 47.7 Å². The maximum Gasteiger partial charge on any atom is 0.260 e. The Morgan fingerprint density at radius 1 is 1.34 bits per heavy atom. The lowest BCUT2D eigenvalue weighted by Crippen LogP contribution is -2.45. The number of hydrogen-bond acceptors (Lipinski definition) is 8. The van der Waals surface area contributed by atoms with E-state index in [1.807, 2.05) is 42.0 Å². The van der Waals surface area contributed by atoms with Gasteiger partial charge in [-0.3, -0.25) is 9.59 Å². The zero-order chi connectivity index (χ0) is 22.7. The van der Waals surface area contributed by atoms with Crippen molar-refractivity contribution in [3.63, 3.8) is 0 Å². The van der Waals surface area contributed by atoms with Crippen molar-refractivity contribution in [2.24, 2.45) is 11.7 Å². The van der Waals surface area contributed by atoms with Crippen molar-refractivity contribution in [3.05, 3.63) is 35.7 Å². The number of nitrogen functional groups attached to an aromatic ring is 1. The lowest BCUT2D eigenvalue weighted by atomic mass is 9.97. The second kappa shape index (κ2) is 9.93. The van der Waals surface area contributed by atoms with E-state index in [9.17, 15) is 9.59 Å². The van der Waals surface area contributed by atoms with Gasteiger partial charge in [0.1, 0.15) is 10.8 Å². The van der Waals surface area contributed by atoms with Gasteiger partial charge >= 0.3 is 0 Å². The number of primary amides is 1. The van der Waals surface area contributed by atoms with Gasteiger partial charge in [0.05, 0.1) is 20.8 Å². The number of nitrogens with zero attached hydrogens (tertiary/aromatic N) is 2. The van der Waals surface area contributed by atoms with Crippen LogP contribution in [0.4, 0.5) is 5.00 Å². The van der Waals surface area contributed by atoms with Gasteiger partial charge in [-0.05, 0) is 37.3 Å². The highest BCUT2D eigenvalue weighted by atomic mass is 32.2. The SMILES string of the molecule is CSc1sc(N)cc1-c1nc(-c2cccc(OCC(=O)N3CCCC(C(N)=O)C3)c2)cs1. The zero-order valence-electron chi connectivity index (χ0n) is 17.6. The highest BCUT2D eigenvalue weighted by molar-refractivity contribution is 8.00. The van der Waals surface area contributed by atoms with Gasteiger partial charge in [0.25, 0.3) is 5.91 Å². The summed E-state index contributed by atoms with van der Waals surface area (Å²) in [5.41, 5.74) is 14.2. The molecule has 1 aliphatic heterocycles. The molecule has 1 atom stereocenters. The first-order chi connectivity index (χ1) is 15.4. The molecule has 7 nitrogen and oxygen atoms in total. The molecule has 1 saturated heterocycles. The number of rotatable bonds is 7. The van der Waals surface area contributed by atoms with Crippen LogP contribution in [0.1, 0.15) is 12.8 Å². The molecule has 1 aliphatic rings. The van der Waals surface area contributed by atoms with Crippen molar-refractivity contribution in [2.45, 2.75) is 17.1 Å². The molecule has 3 aromatic rings. The molecule has 0 aliphatic carbocycles.